The molecule has 1 unspecified atom stereocenters. The molecular weight excluding hydrogens is 240 g/mol. The Hall–Kier alpha value is -2.01. The Morgan fingerprint density at radius 3 is 2.56 bits per heavy atom. The van der Waals surface area contributed by atoms with Gasteiger partial charge in [0.25, 0.3) is 5.91 Å². The van der Waals surface area contributed by atoms with Crippen molar-refractivity contribution in [3.05, 3.63) is 0 Å². The molecule has 7 nitrogen and oxygen atoms in total. The van der Waals surface area contributed by atoms with Gasteiger partial charge in [0.1, 0.15) is 11.6 Å². The van der Waals surface area contributed by atoms with E-state index in [-0.39, 0.29) is 12.8 Å². The van der Waals surface area contributed by atoms with E-state index in [0.717, 1.165) is 0 Å². The molecule has 0 aromatic carbocycles. The summed E-state index contributed by atoms with van der Waals surface area (Å²) < 4.78 is 4.95. The Morgan fingerprint density at radius 2 is 2.06 bits per heavy atom. The molecule has 1 saturated heterocycles. The molecule has 1 aliphatic rings. The van der Waals surface area contributed by atoms with Crippen molar-refractivity contribution in [2.75, 3.05) is 0 Å². The van der Waals surface area contributed by atoms with E-state index in [1.165, 1.54) is 6.08 Å². The molecule has 1 atom stereocenters. The molecule has 1 heterocycles. The van der Waals surface area contributed by atoms with Crippen LogP contribution in [0.4, 0.5) is 4.79 Å². The molecular formula is C11H14N2O5. The van der Waals surface area contributed by atoms with Crippen molar-refractivity contribution >= 4 is 24.0 Å². The first-order chi connectivity index (χ1) is 8.26. The second-order valence-corrected chi connectivity index (χ2v) is 4.82. The fourth-order valence-electron chi connectivity index (χ4n) is 1.45. The van der Waals surface area contributed by atoms with E-state index in [2.05, 4.69) is 4.99 Å². The molecule has 0 bridgehead atoms. The Balaban J connectivity index is 2.90. The highest BCUT2D eigenvalue weighted by molar-refractivity contribution is 6.12. The highest BCUT2D eigenvalue weighted by Crippen LogP contribution is 2.19. The highest BCUT2D eigenvalue weighted by atomic mass is 16.6. The van der Waals surface area contributed by atoms with Crippen molar-refractivity contribution in [2.24, 2.45) is 4.99 Å². The van der Waals surface area contributed by atoms with Crippen molar-refractivity contribution in [3.8, 4) is 0 Å². The molecule has 0 aromatic rings. The monoisotopic (exact) mass is 254 g/mol. The fourth-order valence-corrected chi connectivity index (χ4v) is 1.45. The van der Waals surface area contributed by atoms with Gasteiger partial charge in [0.15, 0.2) is 0 Å². The van der Waals surface area contributed by atoms with Gasteiger partial charge in [0.2, 0.25) is 12.0 Å². The third-order valence-electron chi connectivity index (χ3n) is 2.17. The van der Waals surface area contributed by atoms with Crippen LogP contribution < -0.4 is 0 Å². The third-order valence-corrected chi connectivity index (χ3v) is 2.17. The van der Waals surface area contributed by atoms with Gasteiger partial charge in [-0.15, -0.1) is 0 Å². The minimum Gasteiger partial charge on any atom is -0.443 e. The Kier molecular flexibility index (Phi) is 3.98. The second-order valence-electron chi connectivity index (χ2n) is 4.82. The lowest BCUT2D eigenvalue weighted by Crippen LogP contribution is -2.51. The number of likely N-dealkylation sites (tertiary alicyclic amines) is 1. The molecule has 0 aliphatic carbocycles. The van der Waals surface area contributed by atoms with E-state index in [0.29, 0.717) is 4.90 Å². The molecule has 3 amide bonds. The van der Waals surface area contributed by atoms with Gasteiger partial charge in [-0.25, -0.2) is 9.59 Å². The molecule has 0 radical (unpaired) electrons. The molecule has 7 heteroatoms. The zero-order valence-corrected chi connectivity index (χ0v) is 10.4. The maximum atomic E-state index is 11.8. The van der Waals surface area contributed by atoms with Gasteiger partial charge in [-0.3, -0.25) is 9.59 Å². The number of imide groups is 3. The van der Waals surface area contributed by atoms with Crippen LogP contribution in [0.5, 0.6) is 0 Å². The number of amides is 3. The van der Waals surface area contributed by atoms with Crippen LogP contribution in [0, 0.1) is 0 Å². The number of isocyanates is 1. The van der Waals surface area contributed by atoms with E-state index < -0.39 is 29.6 Å². The number of aliphatic imine (C=N–C) groups is 1. The average molecular weight is 254 g/mol. The first-order valence-electron chi connectivity index (χ1n) is 5.43. The topological polar surface area (TPSA) is 93.1 Å². The fraction of sp³-hybridized carbons (Fsp3) is 0.636. The van der Waals surface area contributed by atoms with Crippen molar-refractivity contribution in [3.63, 3.8) is 0 Å². The lowest BCUT2D eigenvalue weighted by molar-refractivity contribution is -0.147. The highest BCUT2D eigenvalue weighted by Gasteiger charge is 2.40. The van der Waals surface area contributed by atoms with Crippen LogP contribution in [-0.2, 0) is 19.1 Å². The predicted molar refractivity (Wildman–Crippen MR) is 59.2 cm³/mol. The largest absolute Gasteiger partial charge is 0.443 e. The van der Waals surface area contributed by atoms with Gasteiger partial charge in [-0.2, -0.15) is 9.89 Å². The van der Waals surface area contributed by atoms with E-state index in [1.54, 1.807) is 20.8 Å². The van der Waals surface area contributed by atoms with E-state index in [9.17, 15) is 19.2 Å². The SMILES string of the molecule is CC(C)(C)OC(=O)N1C(=O)CCC(N=C=O)C1=O. The lowest BCUT2D eigenvalue weighted by atomic mass is 10.1. The normalized spacial score (nSPS) is 20.4. The summed E-state index contributed by atoms with van der Waals surface area (Å²) >= 11 is 0. The van der Waals surface area contributed by atoms with E-state index >= 15 is 0 Å². The first-order valence-corrected chi connectivity index (χ1v) is 5.43. The van der Waals surface area contributed by atoms with Crippen LogP contribution in [-0.4, -0.2) is 40.5 Å². The molecule has 0 aromatic heterocycles. The number of hydrogen-bond donors (Lipinski definition) is 0. The number of piperidine rings is 1. The van der Waals surface area contributed by atoms with Gasteiger partial charge in [0.05, 0.1) is 0 Å². The van der Waals surface area contributed by atoms with E-state index in [1.807, 2.05) is 0 Å². The summed E-state index contributed by atoms with van der Waals surface area (Å²) in [6.45, 7) is 4.85. The molecule has 98 valence electrons. The van der Waals surface area contributed by atoms with Crippen LogP contribution in [0.25, 0.3) is 0 Å². The third kappa shape index (κ3) is 3.24. The molecule has 18 heavy (non-hydrogen) atoms. The number of ether oxygens (including phenoxy) is 1. The van der Waals surface area contributed by atoms with Crippen molar-refractivity contribution in [1.29, 1.82) is 0 Å². The molecule has 1 fully saturated rings. The summed E-state index contributed by atoms with van der Waals surface area (Å²) in [5, 5.41) is 0. The van der Waals surface area contributed by atoms with Crippen LogP contribution in [0.15, 0.2) is 4.99 Å². The van der Waals surface area contributed by atoms with Crippen molar-refractivity contribution < 1.29 is 23.9 Å². The minimum absolute atomic E-state index is 0.0408. The number of carbonyl (C=O) groups is 3. The Bertz CT molecular complexity index is 431. The Labute approximate surface area is 104 Å². The maximum Gasteiger partial charge on any atom is 0.424 e. The zero-order valence-electron chi connectivity index (χ0n) is 10.4. The quantitative estimate of drug-likeness (QED) is 0.391. The second kappa shape index (κ2) is 5.10. The first kappa shape index (κ1) is 14.1. The van der Waals surface area contributed by atoms with Crippen LogP contribution in [0.1, 0.15) is 33.6 Å². The van der Waals surface area contributed by atoms with Gasteiger partial charge in [0, 0.05) is 6.42 Å². The summed E-state index contributed by atoms with van der Waals surface area (Å²) in [7, 11) is 0. The molecule has 1 aliphatic heterocycles. The number of rotatable bonds is 1. The van der Waals surface area contributed by atoms with Gasteiger partial charge >= 0.3 is 6.09 Å². The summed E-state index contributed by atoms with van der Waals surface area (Å²) in [6.07, 6.45) is 0.278. The summed E-state index contributed by atoms with van der Waals surface area (Å²) in [5.74, 6) is -1.49. The molecule has 0 saturated carbocycles. The lowest BCUT2D eigenvalue weighted by Gasteiger charge is -2.29. The zero-order chi connectivity index (χ0) is 13.9. The molecule has 1 rings (SSSR count). The van der Waals surface area contributed by atoms with Crippen LogP contribution >= 0.6 is 0 Å². The minimum atomic E-state index is -1.04. The van der Waals surface area contributed by atoms with Crippen molar-refractivity contribution in [2.45, 2.75) is 45.3 Å². The summed E-state index contributed by atoms with van der Waals surface area (Å²) in [4.78, 5) is 48.9. The molecule has 0 N–H and O–H groups in total. The number of carbonyl (C=O) groups excluding carboxylic acids is 4. The van der Waals surface area contributed by atoms with Crippen LogP contribution in [0.3, 0.4) is 0 Å². The average Bonchev–Trinajstić information content (AvgIpc) is 2.20. The van der Waals surface area contributed by atoms with Crippen molar-refractivity contribution in [1.82, 2.24) is 4.90 Å². The Morgan fingerprint density at radius 1 is 1.44 bits per heavy atom. The standard InChI is InChI=1S/C11H14N2O5/c1-11(2,3)18-10(17)13-8(15)5-4-7(9(13)16)12-6-14/h7H,4-5H2,1-3H3. The van der Waals surface area contributed by atoms with Crippen LogP contribution in [0.2, 0.25) is 0 Å². The smallest absolute Gasteiger partial charge is 0.424 e. The number of nitrogens with zero attached hydrogens (tertiary/aromatic N) is 2. The predicted octanol–water partition coefficient (Wildman–Crippen LogP) is 0.775. The van der Waals surface area contributed by atoms with Gasteiger partial charge in [-0.05, 0) is 27.2 Å². The summed E-state index contributed by atoms with van der Waals surface area (Å²) in [6, 6.07) is -1.03. The summed E-state index contributed by atoms with van der Waals surface area (Å²) in [5.41, 5.74) is -0.821. The molecule has 0 spiro atoms. The van der Waals surface area contributed by atoms with E-state index in [4.69, 9.17) is 4.74 Å². The van der Waals surface area contributed by atoms with Gasteiger partial charge in [-0.1, -0.05) is 0 Å². The maximum absolute atomic E-state index is 11.8. The van der Waals surface area contributed by atoms with Gasteiger partial charge < -0.3 is 4.74 Å². The number of hydrogen-bond acceptors (Lipinski definition) is 6.